The van der Waals surface area contributed by atoms with Crippen LogP contribution in [0.5, 0.6) is 0 Å². The van der Waals surface area contributed by atoms with E-state index in [1.54, 1.807) is 12.4 Å². The van der Waals surface area contributed by atoms with Gasteiger partial charge in [-0.2, -0.15) is 0 Å². The van der Waals surface area contributed by atoms with Crippen molar-refractivity contribution in [3.8, 4) is 0 Å². The molecule has 2 aromatic heterocycles. The van der Waals surface area contributed by atoms with Gasteiger partial charge >= 0.3 is 0 Å². The fourth-order valence-corrected chi connectivity index (χ4v) is 1.99. The van der Waals surface area contributed by atoms with E-state index in [0.717, 1.165) is 21.2 Å². The van der Waals surface area contributed by atoms with Crippen LogP contribution in [0.15, 0.2) is 53.3 Å². The van der Waals surface area contributed by atoms with Gasteiger partial charge in [0.25, 0.3) is 0 Å². The molecule has 0 saturated heterocycles. The highest BCUT2D eigenvalue weighted by Gasteiger charge is 2.01. The van der Waals surface area contributed by atoms with Crippen LogP contribution in [-0.2, 0) is 0 Å². The van der Waals surface area contributed by atoms with E-state index in [-0.39, 0.29) is 0 Å². The van der Waals surface area contributed by atoms with Gasteiger partial charge in [0.1, 0.15) is 5.82 Å². The summed E-state index contributed by atoms with van der Waals surface area (Å²) in [5.41, 5.74) is 0.895. The summed E-state index contributed by atoms with van der Waals surface area (Å²) in [6.07, 6.45) is 3.51. The summed E-state index contributed by atoms with van der Waals surface area (Å²) in [7, 11) is 0. The molecule has 0 fully saturated rings. The van der Waals surface area contributed by atoms with Crippen molar-refractivity contribution in [1.29, 1.82) is 0 Å². The van der Waals surface area contributed by atoms with Crippen molar-refractivity contribution in [2.45, 2.75) is 0 Å². The Balaban J connectivity index is 1.96. The number of aromatic nitrogens is 3. The zero-order chi connectivity index (χ0) is 12.4. The van der Waals surface area contributed by atoms with Gasteiger partial charge in [-0.05, 0) is 30.3 Å². The summed E-state index contributed by atoms with van der Waals surface area (Å²) in [4.78, 5) is 12.9. The number of pyridine rings is 1. The molecule has 0 radical (unpaired) electrons. The lowest BCUT2D eigenvalue weighted by Crippen LogP contribution is -1.98. The summed E-state index contributed by atoms with van der Waals surface area (Å²) < 4.78 is 1.02. The maximum Gasteiger partial charge on any atom is 0.228 e. The summed E-state index contributed by atoms with van der Waals surface area (Å²) in [6, 6.07) is 11.5. The van der Waals surface area contributed by atoms with E-state index < -0.39 is 0 Å². The minimum atomic E-state index is 0.545. The van der Waals surface area contributed by atoms with Gasteiger partial charge in [0.2, 0.25) is 5.95 Å². The molecule has 0 aliphatic carbocycles. The van der Waals surface area contributed by atoms with E-state index in [9.17, 15) is 0 Å². The second kappa shape index (κ2) is 4.70. The van der Waals surface area contributed by atoms with Crippen LogP contribution in [0.1, 0.15) is 0 Å². The number of anilines is 2. The Kier molecular flexibility index (Phi) is 2.90. The average molecular weight is 301 g/mol. The molecule has 0 atom stereocenters. The predicted molar refractivity (Wildman–Crippen MR) is 74.8 cm³/mol. The fourth-order valence-electron chi connectivity index (χ4n) is 1.62. The largest absolute Gasteiger partial charge is 0.309 e. The lowest BCUT2D eigenvalue weighted by atomic mass is 10.2. The van der Waals surface area contributed by atoms with Crippen molar-refractivity contribution in [2.75, 3.05) is 5.32 Å². The van der Waals surface area contributed by atoms with Gasteiger partial charge in [-0.15, -0.1) is 0 Å². The summed E-state index contributed by atoms with van der Waals surface area (Å²) in [5, 5.41) is 4.06. The Bertz CT molecular complexity index is 685. The number of benzene rings is 1. The molecule has 0 spiro atoms. The zero-order valence-electron chi connectivity index (χ0n) is 9.34. The highest BCUT2D eigenvalue weighted by atomic mass is 79.9. The topological polar surface area (TPSA) is 50.7 Å². The third-order valence-electron chi connectivity index (χ3n) is 2.45. The summed E-state index contributed by atoms with van der Waals surface area (Å²) in [6.45, 7) is 0. The minimum Gasteiger partial charge on any atom is -0.309 e. The Labute approximate surface area is 112 Å². The molecule has 18 heavy (non-hydrogen) atoms. The highest BCUT2D eigenvalue weighted by molar-refractivity contribution is 9.10. The van der Waals surface area contributed by atoms with Crippen LogP contribution in [-0.4, -0.2) is 15.0 Å². The van der Waals surface area contributed by atoms with Gasteiger partial charge in [-0.1, -0.05) is 22.0 Å². The first-order valence-corrected chi connectivity index (χ1v) is 6.21. The Hall–Kier alpha value is -2.01. The first kappa shape index (κ1) is 11.1. The van der Waals surface area contributed by atoms with Gasteiger partial charge < -0.3 is 5.32 Å². The lowest BCUT2D eigenvalue weighted by Gasteiger charge is -2.04. The summed E-state index contributed by atoms with van der Waals surface area (Å²) >= 11 is 3.42. The van der Waals surface area contributed by atoms with Crippen LogP contribution in [0.2, 0.25) is 0 Å². The fraction of sp³-hybridized carbons (Fsp3) is 0. The third kappa shape index (κ3) is 2.31. The van der Waals surface area contributed by atoms with Crippen LogP contribution < -0.4 is 5.32 Å². The maximum atomic E-state index is 4.43. The number of nitrogens with zero attached hydrogens (tertiary/aromatic N) is 3. The number of halogens is 1. The van der Waals surface area contributed by atoms with Gasteiger partial charge in [-0.3, -0.25) is 0 Å². The molecule has 0 saturated carbocycles. The second-order valence-electron chi connectivity index (χ2n) is 3.74. The minimum absolute atomic E-state index is 0.545. The van der Waals surface area contributed by atoms with Crippen molar-refractivity contribution in [1.82, 2.24) is 15.0 Å². The predicted octanol–water partition coefficient (Wildman–Crippen LogP) is 3.53. The summed E-state index contributed by atoms with van der Waals surface area (Å²) in [5.74, 6) is 1.28. The van der Waals surface area contributed by atoms with Crippen molar-refractivity contribution in [2.24, 2.45) is 0 Å². The molecule has 4 nitrogen and oxygen atoms in total. The lowest BCUT2D eigenvalue weighted by molar-refractivity contribution is 1.18. The molecule has 3 rings (SSSR count). The standard InChI is InChI=1S/C13H9BrN4/c14-10-4-5-11-9(7-10)8-16-13(17-11)18-12-3-1-2-6-15-12/h1-8H,(H,15,16,17,18). The molecular weight excluding hydrogens is 292 g/mol. The number of hydrogen-bond donors (Lipinski definition) is 1. The van der Waals surface area contributed by atoms with Crippen molar-refractivity contribution in [3.63, 3.8) is 0 Å². The average Bonchev–Trinajstić information content (AvgIpc) is 2.40. The normalized spacial score (nSPS) is 10.5. The van der Waals surface area contributed by atoms with E-state index in [0.29, 0.717) is 5.95 Å². The van der Waals surface area contributed by atoms with Gasteiger partial charge in [0.15, 0.2) is 0 Å². The molecule has 0 bridgehead atoms. The van der Waals surface area contributed by atoms with Gasteiger partial charge in [0, 0.05) is 22.3 Å². The van der Waals surface area contributed by atoms with Crippen LogP contribution >= 0.6 is 15.9 Å². The zero-order valence-corrected chi connectivity index (χ0v) is 10.9. The van der Waals surface area contributed by atoms with Crippen LogP contribution in [0.4, 0.5) is 11.8 Å². The van der Waals surface area contributed by atoms with Crippen molar-refractivity contribution < 1.29 is 0 Å². The van der Waals surface area contributed by atoms with E-state index in [1.807, 2.05) is 36.4 Å². The highest BCUT2D eigenvalue weighted by Crippen LogP contribution is 2.19. The molecule has 0 aliphatic rings. The Morgan fingerprint density at radius 1 is 1.06 bits per heavy atom. The molecular formula is C13H9BrN4. The Morgan fingerprint density at radius 3 is 2.83 bits per heavy atom. The molecule has 0 unspecified atom stereocenters. The number of nitrogens with one attached hydrogen (secondary N) is 1. The van der Waals surface area contributed by atoms with E-state index in [1.165, 1.54) is 0 Å². The quantitative estimate of drug-likeness (QED) is 0.786. The number of fused-ring (bicyclic) bond motifs is 1. The van der Waals surface area contributed by atoms with Crippen molar-refractivity contribution >= 4 is 38.6 Å². The monoisotopic (exact) mass is 300 g/mol. The molecule has 88 valence electrons. The van der Waals surface area contributed by atoms with E-state index in [2.05, 4.69) is 36.2 Å². The van der Waals surface area contributed by atoms with Gasteiger partial charge in [0.05, 0.1) is 5.52 Å². The SMILES string of the molecule is Brc1ccc2nc(Nc3ccccn3)ncc2c1. The van der Waals surface area contributed by atoms with Crippen LogP contribution in [0.25, 0.3) is 10.9 Å². The van der Waals surface area contributed by atoms with E-state index in [4.69, 9.17) is 0 Å². The van der Waals surface area contributed by atoms with Crippen LogP contribution in [0, 0.1) is 0 Å². The van der Waals surface area contributed by atoms with Gasteiger partial charge in [-0.25, -0.2) is 15.0 Å². The first-order chi connectivity index (χ1) is 8.81. The first-order valence-electron chi connectivity index (χ1n) is 5.42. The molecule has 0 amide bonds. The third-order valence-corrected chi connectivity index (χ3v) is 2.94. The molecule has 2 heterocycles. The molecule has 1 N–H and O–H groups in total. The maximum absolute atomic E-state index is 4.43. The molecule has 0 aliphatic heterocycles. The Morgan fingerprint density at radius 2 is 2.00 bits per heavy atom. The van der Waals surface area contributed by atoms with Crippen molar-refractivity contribution in [3.05, 3.63) is 53.3 Å². The number of hydrogen-bond acceptors (Lipinski definition) is 4. The molecule has 1 aromatic carbocycles. The number of rotatable bonds is 2. The molecule has 5 heteroatoms. The smallest absolute Gasteiger partial charge is 0.228 e. The van der Waals surface area contributed by atoms with Crippen LogP contribution in [0.3, 0.4) is 0 Å². The molecule has 3 aromatic rings. The van der Waals surface area contributed by atoms with E-state index >= 15 is 0 Å². The second-order valence-corrected chi connectivity index (χ2v) is 4.65.